The van der Waals surface area contributed by atoms with Crippen molar-refractivity contribution in [3.8, 4) is 17.0 Å². The van der Waals surface area contributed by atoms with Crippen molar-refractivity contribution in [2.75, 3.05) is 40.8 Å². The van der Waals surface area contributed by atoms with E-state index in [4.69, 9.17) is 4.74 Å². The lowest BCUT2D eigenvalue weighted by atomic mass is 9.81. The molecule has 3 fully saturated rings. The smallest absolute Gasteiger partial charge is 0.303 e. The average Bonchev–Trinajstić information content (AvgIpc) is 3.81. The number of methoxy groups -OCH3 is 1. The molecule has 0 bridgehead atoms. The number of carbonyl (C=O) groups excluding carboxylic acids is 2. The molecule has 8 rings (SSSR count). The van der Waals surface area contributed by atoms with Crippen molar-refractivity contribution in [2.24, 2.45) is 5.41 Å². The lowest BCUT2D eigenvalue weighted by Crippen LogP contribution is -2.56. The maximum atomic E-state index is 15.2. The number of nitrogens with one attached hydrogen (secondary N) is 2. The maximum Gasteiger partial charge on any atom is 0.303 e. The van der Waals surface area contributed by atoms with Crippen LogP contribution in [0.25, 0.3) is 22.2 Å². The number of hydrogen-bond acceptors (Lipinski definition) is 6. The van der Waals surface area contributed by atoms with Crippen molar-refractivity contribution < 1.29 is 22.7 Å². The van der Waals surface area contributed by atoms with Crippen LogP contribution in [0.2, 0.25) is 0 Å². The van der Waals surface area contributed by atoms with Gasteiger partial charge in [-0.05, 0) is 85.1 Å². The maximum absolute atomic E-state index is 15.2. The number of nitrogens with zero attached hydrogens (tertiary/aromatic N) is 3. The molecule has 2 N–H and O–H groups in total. The van der Waals surface area contributed by atoms with Crippen molar-refractivity contribution in [3.63, 3.8) is 0 Å². The molecular formula is C39H47N5O5S. The number of aromatic nitrogens is 1. The molecule has 3 unspecified atom stereocenters. The number of hydrogen-bond donors (Lipinski definition) is 2. The summed E-state index contributed by atoms with van der Waals surface area (Å²) in [4.78, 5) is 30.8. The summed E-state index contributed by atoms with van der Waals surface area (Å²) in [5, 5.41) is 4.60. The Labute approximate surface area is 294 Å². The molecule has 2 aromatic carbocycles. The van der Waals surface area contributed by atoms with Gasteiger partial charge in [0.25, 0.3) is 5.91 Å². The van der Waals surface area contributed by atoms with Crippen molar-refractivity contribution in [3.05, 3.63) is 76.9 Å². The highest BCUT2D eigenvalue weighted by Gasteiger charge is 2.64. The molecule has 3 atom stereocenters. The molecule has 1 aromatic heterocycles. The highest BCUT2D eigenvalue weighted by Crippen LogP contribution is 2.66. The van der Waals surface area contributed by atoms with Gasteiger partial charge >= 0.3 is 10.2 Å². The van der Waals surface area contributed by atoms with Gasteiger partial charge in [-0.15, -0.1) is 0 Å². The molecule has 3 aliphatic carbocycles. The van der Waals surface area contributed by atoms with Crippen molar-refractivity contribution in [2.45, 2.75) is 75.8 Å². The fraction of sp³-hybridized carbons (Fsp3) is 0.487. The first kappa shape index (κ1) is 33.2. The van der Waals surface area contributed by atoms with Crippen LogP contribution in [0.5, 0.6) is 5.75 Å². The van der Waals surface area contributed by atoms with Crippen molar-refractivity contribution in [1.29, 1.82) is 0 Å². The second-order valence-corrected chi connectivity index (χ2v) is 16.8. The zero-order chi connectivity index (χ0) is 34.8. The van der Waals surface area contributed by atoms with Crippen LogP contribution in [0.1, 0.15) is 84.7 Å². The van der Waals surface area contributed by atoms with E-state index < -0.39 is 21.5 Å². The van der Waals surface area contributed by atoms with Crippen LogP contribution in [0.4, 0.5) is 0 Å². The predicted molar refractivity (Wildman–Crippen MR) is 194 cm³/mol. The minimum absolute atomic E-state index is 0.0240. The van der Waals surface area contributed by atoms with E-state index in [1.165, 1.54) is 31.7 Å². The average molecular weight is 698 g/mol. The standard InChI is InChI=1S/C39H47N5O5S/c1-42(2)50(47,48)41-37(45)27-14-16-30-33(20-27)44-24-39(38(46)43-19-18-40-23-34(43)25-10-6-4-7-11-25)22-32(39)31-21-28(49-3)15-17-29(31)36(44)35(30)26-12-8-5-9-13-26/h6,10-11,14-17,20-21,26,32,34,40H,4-5,7-9,12-13,18-19,22-24H2,1-3H3,(H,41,45). The van der Waals surface area contributed by atoms with Gasteiger partial charge in [0.2, 0.25) is 5.91 Å². The number of carbonyl (C=O) groups is 2. The van der Waals surface area contributed by atoms with Crippen LogP contribution in [-0.2, 0) is 21.5 Å². The van der Waals surface area contributed by atoms with Crippen LogP contribution in [0.3, 0.4) is 0 Å². The highest BCUT2D eigenvalue weighted by atomic mass is 32.2. The minimum Gasteiger partial charge on any atom is -0.497 e. The molecule has 3 heterocycles. The van der Waals surface area contributed by atoms with Gasteiger partial charge in [0.05, 0.1) is 24.3 Å². The number of benzene rings is 2. The van der Waals surface area contributed by atoms with Gasteiger partial charge < -0.3 is 19.5 Å². The van der Waals surface area contributed by atoms with Crippen LogP contribution >= 0.6 is 0 Å². The Kier molecular flexibility index (Phi) is 8.43. The Morgan fingerprint density at radius 3 is 2.62 bits per heavy atom. The van der Waals surface area contributed by atoms with Crippen LogP contribution in [0.15, 0.2) is 60.2 Å². The number of amides is 2. The van der Waals surface area contributed by atoms with Gasteiger partial charge in [-0.3, -0.25) is 9.59 Å². The summed E-state index contributed by atoms with van der Waals surface area (Å²) >= 11 is 0. The Morgan fingerprint density at radius 1 is 1.06 bits per heavy atom. The van der Waals surface area contributed by atoms with E-state index in [1.807, 2.05) is 18.2 Å². The Balaban J connectivity index is 1.31. The van der Waals surface area contributed by atoms with E-state index in [1.54, 1.807) is 13.2 Å². The van der Waals surface area contributed by atoms with E-state index in [2.05, 4.69) is 49.9 Å². The largest absolute Gasteiger partial charge is 0.497 e. The lowest BCUT2D eigenvalue weighted by molar-refractivity contribution is -0.140. The first-order chi connectivity index (χ1) is 24.1. The third kappa shape index (κ3) is 5.49. The van der Waals surface area contributed by atoms with E-state index >= 15 is 4.79 Å². The minimum atomic E-state index is -3.98. The van der Waals surface area contributed by atoms with Crippen LogP contribution < -0.4 is 14.8 Å². The molecule has 50 heavy (non-hydrogen) atoms. The topological polar surface area (TPSA) is 113 Å². The summed E-state index contributed by atoms with van der Waals surface area (Å²) in [5.74, 6) is 0.649. The van der Waals surface area contributed by atoms with Crippen molar-refractivity contribution >= 4 is 32.9 Å². The first-order valence-corrected chi connectivity index (χ1v) is 19.5. The molecule has 2 amide bonds. The summed E-state index contributed by atoms with van der Waals surface area (Å²) in [6, 6.07) is 11.9. The quantitative estimate of drug-likeness (QED) is 0.339. The molecule has 11 heteroatoms. The third-order valence-electron chi connectivity index (χ3n) is 11.8. The summed E-state index contributed by atoms with van der Waals surface area (Å²) in [5.41, 5.74) is 6.35. The van der Waals surface area contributed by atoms with E-state index in [9.17, 15) is 13.2 Å². The highest BCUT2D eigenvalue weighted by molar-refractivity contribution is 7.87. The Morgan fingerprint density at radius 2 is 1.88 bits per heavy atom. The fourth-order valence-electron chi connectivity index (χ4n) is 9.10. The van der Waals surface area contributed by atoms with Gasteiger partial charge in [0, 0.05) is 68.2 Å². The number of ether oxygens (including phenoxy) is 1. The molecule has 0 radical (unpaired) electrons. The van der Waals surface area contributed by atoms with Crippen molar-refractivity contribution in [1.82, 2.24) is 23.8 Å². The van der Waals surface area contributed by atoms with Gasteiger partial charge in [-0.2, -0.15) is 12.7 Å². The van der Waals surface area contributed by atoms with Gasteiger partial charge in [-0.1, -0.05) is 43.6 Å². The second kappa shape index (κ2) is 12.7. The molecule has 3 aromatic rings. The van der Waals surface area contributed by atoms with E-state index in [0.717, 1.165) is 95.8 Å². The van der Waals surface area contributed by atoms with Gasteiger partial charge in [-0.25, -0.2) is 4.72 Å². The number of fused-ring (bicyclic) bond motifs is 7. The number of piperazine rings is 1. The van der Waals surface area contributed by atoms with Crippen LogP contribution in [0, 0.1) is 5.41 Å². The lowest BCUT2D eigenvalue weighted by Gasteiger charge is -2.40. The van der Waals surface area contributed by atoms with Crippen LogP contribution in [-0.4, -0.2) is 80.9 Å². The first-order valence-electron chi connectivity index (χ1n) is 18.1. The Bertz CT molecular complexity index is 2040. The van der Waals surface area contributed by atoms with Gasteiger partial charge in [0.15, 0.2) is 0 Å². The summed E-state index contributed by atoms with van der Waals surface area (Å²) < 4.78 is 36.5. The molecule has 0 spiro atoms. The number of rotatable bonds is 7. The molecule has 10 nitrogen and oxygen atoms in total. The molecule has 5 aliphatic rings. The fourth-order valence-corrected chi connectivity index (χ4v) is 9.64. The predicted octanol–water partition coefficient (Wildman–Crippen LogP) is 5.46. The molecule has 2 saturated carbocycles. The third-order valence-corrected chi connectivity index (χ3v) is 13.2. The zero-order valence-electron chi connectivity index (χ0n) is 29.2. The molecule has 2 aliphatic heterocycles. The number of allylic oxidation sites excluding steroid dienone is 2. The molecule has 264 valence electrons. The second-order valence-electron chi connectivity index (χ2n) is 14.9. The molecule has 1 saturated heterocycles. The summed E-state index contributed by atoms with van der Waals surface area (Å²) in [6.07, 6.45) is 15.1. The summed E-state index contributed by atoms with van der Waals surface area (Å²) in [7, 11) is 0.488. The zero-order valence-corrected chi connectivity index (χ0v) is 30.0. The van der Waals surface area contributed by atoms with E-state index in [-0.39, 0.29) is 23.4 Å². The summed E-state index contributed by atoms with van der Waals surface area (Å²) in [6.45, 7) is 2.61. The SMILES string of the molecule is COc1ccc2c(c1)C1CC1(C(=O)N1CCNCC1C1=CCCC=C1)Cn1c-2c(C2CCCCC2)c2ccc(C(=O)NS(=O)(=O)N(C)C)cc21. The molecular weight excluding hydrogens is 651 g/mol. The monoisotopic (exact) mass is 697 g/mol. The normalized spacial score (nSPS) is 25.0. The van der Waals surface area contributed by atoms with Gasteiger partial charge in [0.1, 0.15) is 5.75 Å². The van der Waals surface area contributed by atoms with E-state index in [0.29, 0.717) is 19.0 Å². The Hall–Kier alpha value is -3.93.